The highest BCUT2D eigenvalue weighted by molar-refractivity contribution is 8.00. The molecule has 2 amide bonds. The van der Waals surface area contributed by atoms with Crippen LogP contribution in [-0.4, -0.2) is 35.9 Å². The molecule has 0 saturated carbocycles. The number of hydrogen-bond donors (Lipinski definition) is 2. The van der Waals surface area contributed by atoms with E-state index in [9.17, 15) is 14.4 Å². The zero-order valence-electron chi connectivity index (χ0n) is 15.8. The Morgan fingerprint density at radius 3 is 2.29 bits per heavy atom. The number of carbonyl (C=O) groups excluding carboxylic acids is 3. The number of thioether (sulfide) groups is 1. The molecular formula is C19H21ClN2O4S2. The van der Waals surface area contributed by atoms with E-state index < -0.39 is 5.97 Å². The first kappa shape index (κ1) is 22.3. The second-order valence-electron chi connectivity index (χ2n) is 5.80. The molecule has 0 bridgehead atoms. The van der Waals surface area contributed by atoms with E-state index in [1.165, 1.54) is 23.1 Å². The van der Waals surface area contributed by atoms with Gasteiger partial charge in [-0.25, -0.2) is 4.79 Å². The molecule has 1 aromatic carbocycles. The number of halogens is 1. The maximum absolute atomic E-state index is 12.2. The molecule has 2 rings (SSSR count). The summed E-state index contributed by atoms with van der Waals surface area (Å²) in [5, 5.41) is 6.55. The number of nitrogens with one attached hydrogen (secondary N) is 2. The molecule has 0 aliphatic rings. The van der Waals surface area contributed by atoms with Gasteiger partial charge in [-0.3, -0.25) is 9.59 Å². The molecule has 2 aromatic rings. The standard InChI is InChI=1S/C19H21ClN2O4S2/c1-4-26-19(25)17-11(2)12(3)28-18(17)22-16(24)10-27-9-15(23)21-14-7-5-13(20)6-8-14/h5-8H,4,9-10H2,1-3H3,(H,21,23)(H,22,24). The van der Waals surface area contributed by atoms with E-state index in [1.807, 2.05) is 13.8 Å². The van der Waals surface area contributed by atoms with Crippen LogP contribution >= 0.6 is 34.7 Å². The van der Waals surface area contributed by atoms with Crippen LogP contribution in [0.1, 0.15) is 27.7 Å². The lowest BCUT2D eigenvalue weighted by atomic mass is 10.1. The molecule has 0 fully saturated rings. The Morgan fingerprint density at radius 1 is 1.07 bits per heavy atom. The Hall–Kier alpha value is -2.03. The number of anilines is 2. The SMILES string of the molecule is CCOC(=O)c1c(NC(=O)CSCC(=O)Nc2ccc(Cl)cc2)sc(C)c1C. The zero-order chi connectivity index (χ0) is 20.7. The predicted molar refractivity (Wildman–Crippen MR) is 116 cm³/mol. The van der Waals surface area contributed by atoms with Gasteiger partial charge >= 0.3 is 5.97 Å². The van der Waals surface area contributed by atoms with Gasteiger partial charge < -0.3 is 15.4 Å². The number of amides is 2. The normalized spacial score (nSPS) is 10.4. The minimum absolute atomic E-state index is 0.0896. The molecule has 6 nitrogen and oxygen atoms in total. The molecular weight excluding hydrogens is 420 g/mol. The van der Waals surface area contributed by atoms with Crippen LogP contribution in [0, 0.1) is 13.8 Å². The molecule has 1 aromatic heterocycles. The molecule has 0 atom stereocenters. The maximum atomic E-state index is 12.2. The number of thiophene rings is 1. The number of benzene rings is 1. The quantitative estimate of drug-likeness (QED) is 0.590. The third kappa shape index (κ3) is 6.25. The van der Waals surface area contributed by atoms with Gasteiger partial charge in [-0.1, -0.05) is 11.6 Å². The fourth-order valence-electron chi connectivity index (χ4n) is 2.29. The Labute approximate surface area is 177 Å². The molecule has 0 saturated heterocycles. The summed E-state index contributed by atoms with van der Waals surface area (Å²) >= 11 is 8.32. The van der Waals surface area contributed by atoms with Crippen molar-refractivity contribution in [3.63, 3.8) is 0 Å². The summed E-state index contributed by atoms with van der Waals surface area (Å²) in [7, 11) is 0. The van der Waals surface area contributed by atoms with Crippen molar-refractivity contribution in [2.75, 3.05) is 28.7 Å². The monoisotopic (exact) mass is 440 g/mol. The lowest BCUT2D eigenvalue weighted by Crippen LogP contribution is -2.19. The Kier molecular flexibility index (Phi) is 8.35. The van der Waals surface area contributed by atoms with Crippen LogP contribution in [0.3, 0.4) is 0 Å². The van der Waals surface area contributed by atoms with Gasteiger partial charge in [0, 0.05) is 15.6 Å². The number of hydrogen-bond acceptors (Lipinski definition) is 6. The van der Waals surface area contributed by atoms with Crippen molar-refractivity contribution in [1.82, 2.24) is 0 Å². The van der Waals surface area contributed by atoms with Crippen molar-refractivity contribution < 1.29 is 19.1 Å². The van der Waals surface area contributed by atoms with E-state index in [4.69, 9.17) is 16.3 Å². The van der Waals surface area contributed by atoms with Crippen molar-refractivity contribution in [1.29, 1.82) is 0 Å². The highest BCUT2D eigenvalue weighted by Gasteiger charge is 2.22. The van der Waals surface area contributed by atoms with Crippen molar-refractivity contribution >= 4 is 63.2 Å². The molecule has 1 heterocycles. The van der Waals surface area contributed by atoms with E-state index in [1.54, 1.807) is 31.2 Å². The van der Waals surface area contributed by atoms with E-state index in [2.05, 4.69) is 10.6 Å². The van der Waals surface area contributed by atoms with Crippen molar-refractivity contribution in [3.8, 4) is 0 Å². The summed E-state index contributed by atoms with van der Waals surface area (Å²) in [6, 6.07) is 6.78. The van der Waals surface area contributed by atoms with Gasteiger partial charge in [-0.2, -0.15) is 0 Å². The highest BCUT2D eigenvalue weighted by Crippen LogP contribution is 2.33. The van der Waals surface area contributed by atoms with Crippen LogP contribution < -0.4 is 10.6 Å². The Morgan fingerprint density at radius 2 is 1.68 bits per heavy atom. The third-order valence-corrected chi connectivity index (χ3v) is 6.02. The molecule has 2 N–H and O–H groups in total. The van der Waals surface area contributed by atoms with Crippen LogP contribution in [0.5, 0.6) is 0 Å². The van der Waals surface area contributed by atoms with Crippen LogP contribution in [0.4, 0.5) is 10.7 Å². The van der Waals surface area contributed by atoms with Gasteiger partial charge in [0.2, 0.25) is 11.8 Å². The Bertz CT molecular complexity index is 866. The summed E-state index contributed by atoms with van der Waals surface area (Å²) in [5.74, 6) is -0.726. The highest BCUT2D eigenvalue weighted by atomic mass is 35.5. The van der Waals surface area contributed by atoms with E-state index in [0.717, 1.165) is 10.4 Å². The van der Waals surface area contributed by atoms with Crippen molar-refractivity contribution in [2.45, 2.75) is 20.8 Å². The fraction of sp³-hybridized carbons (Fsp3) is 0.316. The van der Waals surface area contributed by atoms with Crippen molar-refractivity contribution in [3.05, 3.63) is 45.3 Å². The second kappa shape index (κ2) is 10.5. The topological polar surface area (TPSA) is 84.5 Å². The summed E-state index contributed by atoms with van der Waals surface area (Å²) < 4.78 is 5.07. The van der Waals surface area contributed by atoms with E-state index in [0.29, 0.717) is 21.3 Å². The molecule has 150 valence electrons. The number of ether oxygens (including phenoxy) is 1. The van der Waals surface area contributed by atoms with E-state index in [-0.39, 0.29) is 29.9 Å². The molecule has 0 radical (unpaired) electrons. The number of rotatable bonds is 8. The minimum Gasteiger partial charge on any atom is -0.462 e. The van der Waals surface area contributed by atoms with Crippen LogP contribution in [0.25, 0.3) is 0 Å². The smallest absolute Gasteiger partial charge is 0.341 e. The second-order valence-corrected chi connectivity index (χ2v) is 8.45. The third-order valence-electron chi connectivity index (χ3n) is 3.71. The summed E-state index contributed by atoms with van der Waals surface area (Å²) in [6.07, 6.45) is 0. The van der Waals surface area contributed by atoms with Gasteiger partial charge in [0.25, 0.3) is 0 Å². The fourth-order valence-corrected chi connectivity index (χ4v) is 4.10. The molecule has 0 aliphatic heterocycles. The molecule has 9 heteroatoms. The maximum Gasteiger partial charge on any atom is 0.341 e. The lowest BCUT2D eigenvalue weighted by Gasteiger charge is -2.08. The summed E-state index contributed by atoms with van der Waals surface area (Å²) in [6.45, 7) is 5.70. The molecule has 28 heavy (non-hydrogen) atoms. The average molecular weight is 441 g/mol. The van der Waals surface area contributed by atoms with Crippen LogP contribution in [-0.2, 0) is 14.3 Å². The van der Waals surface area contributed by atoms with Gasteiger partial charge in [0.15, 0.2) is 0 Å². The lowest BCUT2D eigenvalue weighted by molar-refractivity contribution is -0.114. The van der Waals surface area contributed by atoms with E-state index >= 15 is 0 Å². The molecule has 0 spiro atoms. The van der Waals surface area contributed by atoms with Crippen LogP contribution in [0.2, 0.25) is 5.02 Å². The summed E-state index contributed by atoms with van der Waals surface area (Å²) in [4.78, 5) is 37.2. The van der Waals surface area contributed by atoms with Gasteiger partial charge in [0.05, 0.1) is 23.7 Å². The minimum atomic E-state index is -0.449. The van der Waals surface area contributed by atoms with Gasteiger partial charge in [0.1, 0.15) is 5.00 Å². The predicted octanol–water partition coefficient (Wildman–Crippen LogP) is 4.51. The molecule has 0 aliphatic carbocycles. The first-order chi connectivity index (χ1) is 13.3. The zero-order valence-corrected chi connectivity index (χ0v) is 18.1. The average Bonchev–Trinajstić information content (AvgIpc) is 2.91. The van der Waals surface area contributed by atoms with Gasteiger partial charge in [-0.15, -0.1) is 23.1 Å². The number of aryl methyl sites for hydroxylation is 1. The molecule has 0 unspecified atom stereocenters. The first-order valence-electron chi connectivity index (χ1n) is 8.52. The van der Waals surface area contributed by atoms with Crippen LogP contribution in [0.15, 0.2) is 24.3 Å². The first-order valence-corrected chi connectivity index (χ1v) is 10.9. The van der Waals surface area contributed by atoms with Gasteiger partial charge in [-0.05, 0) is 50.6 Å². The largest absolute Gasteiger partial charge is 0.462 e. The Balaban J connectivity index is 1.86. The number of esters is 1. The number of carbonyl (C=O) groups is 3. The summed E-state index contributed by atoms with van der Waals surface area (Å²) in [5.41, 5.74) is 1.83. The van der Waals surface area contributed by atoms with Crippen molar-refractivity contribution in [2.24, 2.45) is 0 Å².